The van der Waals surface area contributed by atoms with Gasteiger partial charge in [0.05, 0.1) is 10.6 Å². The molecular formula is C14H17BrFNO. The zero-order chi connectivity index (χ0) is 12.8. The summed E-state index contributed by atoms with van der Waals surface area (Å²) < 4.78 is 20.3. The van der Waals surface area contributed by atoms with Gasteiger partial charge in [0, 0.05) is 11.1 Å². The Bertz CT molecular complexity index is 467. The van der Waals surface area contributed by atoms with Crippen molar-refractivity contribution in [3.63, 3.8) is 0 Å². The monoisotopic (exact) mass is 313 g/mol. The van der Waals surface area contributed by atoms with E-state index in [1.165, 1.54) is 6.07 Å². The van der Waals surface area contributed by atoms with Crippen molar-refractivity contribution in [3.05, 3.63) is 28.0 Å². The summed E-state index contributed by atoms with van der Waals surface area (Å²) in [4.78, 5) is 0. The van der Waals surface area contributed by atoms with Crippen molar-refractivity contribution in [1.29, 1.82) is 0 Å². The summed E-state index contributed by atoms with van der Waals surface area (Å²) in [6, 6.07) is 3.01. The molecule has 0 aliphatic heterocycles. The van der Waals surface area contributed by atoms with Crippen LogP contribution in [0.25, 0.3) is 0 Å². The van der Waals surface area contributed by atoms with Crippen molar-refractivity contribution < 1.29 is 9.13 Å². The third-order valence-electron chi connectivity index (χ3n) is 3.85. The Morgan fingerprint density at radius 3 is 2.56 bits per heavy atom. The summed E-state index contributed by atoms with van der Waals surface area (Å²) in [7, 11) is 0. The van der Waals surface area contributed by atoms with Gasteiger partial charge < -0.3 is 10.5 Å². The summed E-state index contributed by atoms with van der Waals surface area (Å²) in [5.74, 6) is 0.500. The molecule has 0 unspecified atom stereocenters. The molecule has 0 heterocycles. The normalized spacial score (nSPS) is 22.2. The van der Waals surface area contributed by atoms with Crippen LogP contribution < -0.4 is 10.5 Å². The van der Waals surface area contributed by atoms with Crippen molar-refractivity contribution in [3.8, 4) is 5.75 Å². The maximum Gasteiger partial charge on any atom is 0.139 e. The van der Waals surface area contributed by atoms with Crippen LogP contribution in [-0.4, -0.2) is 6.10 Å². The molecule has 0 bridgehead atoms. The molecular weight excluding hydrogens is 297 g/mol. The van der Waals surface area contributed by atoms with Gasteiger partial charge in [-0.05, 0) is 53.7 Å². The number of ether oxygens (including phenoxy) is 1. The Labute approximate surface area is 115 Å². The maximum absolute atomic E-state index is 13.6. The Balaban J connectivity index is 2.04. The molecule has 1 aromatic rings. The van der Waals surface area contributed by atoms with Crippen molar-refractivity contribution in [1.82, 2.24) is 0 Å². The smallest absolute Gasteiger partial charge is 0.139 e. The quantitative estimate of drug-likeness (QED) is 0.919. The van der Waals surface area contributed by atoms with Gasteiger partial charge in [0.15, 0.2) is 0 Å². The predicted molar refractivity (Wildman–Crippen MR) is 72.1 cm³/mol. The lowest BCUT2D eigenvalue weighted by atomic mass is 9.88. The Hall–Kier alpha value is -0.610. The second kappa shape index (κ2) is 4.49. The molecule has 2 nitrogen and oxygen atoms in total. The average Bonchev–Trinajstić information content (AvgIpc) is 3.03. The molecule has 1 aromatic carbocycles. The molecule has 18 heavy (non-hydrogen) atoms. The fourth-order valence-corrected chi connectivity index (χ4v) is 3.20. The van der Waals surface area contributed by atoms with E-state index in [0.29, 0.717) is 4.47 Å². The zero-order valence-corrected chi connectivity index (χ0v) is 11.8. The van der Waals surface area contributed by atoms with E-state index >= 15 is 0 Å². The summed E-state index contributed by atoms with van der Waals surface area (Å²) in [5, 5.41) is 0. The third kappa shape index (κ3) is 2.28. The highest BCUT2D eigenvalue weighted by atomic mass is 79.9. The fourth-order valence-electron chi connectivity index (χ4n) is 2.68. The van der Waals surface area contributed by atoms with Crippen LogP contribution in [0.4, 0.5) is 4.39 Å². The van der Waals surface area contributed by atoms with Gasteiger partial charge >= 0.3 is 0 Å². The topological polar surface area (TPSA) is 35.2 Å². The molecule has 0 saturated heterocycles. The molecule has 0 atom stereocenters. The van der Waals surface area contributed by atoms with E-state index in [1.54, 1.807) is 6.07 Å². The molecule has 0 aromatic heterocycles. The van der Waals surface area contributed by atoms with Crippen LogP contribution in [0, 0.1) is 5.82 Å². The summed E-state index contributed by atoms with van der Waals surface area (Å²) in [6.07, 6.45) is 6.48. The van der Waals surface area contributed by atoms with E-state index in [9.17, 15) is 4.39 Å². The lowest BCUT2D eigenvalue weighted by molar-refractivity contribution is 0.287. The molecule has 98 valence electrons. The average molecular weight is 314 g/mol. The van der Waals surface area contributed by atoms with Crippen molar-refractivity contribution >= 4 is 15.9 Å². The molecule has 2 aliphatic carbocycles. The van der Waals surface area contributed by atoms with Crippen molar-refractivity contribution in [2.75, 3.05) is 0 Å². The molecule has 4 heteroatoms. The molecule has 0 spiro atoms. The van der Waals surface area contributed by atoms with Gasteiger partial charge in [-0.1, -0.05) is 12.8 Å². The first-order chi connectivity index (χ1) is 8.58. The fraction of sp³-hybridized carbons (Fsp3) is 0.571. The van der Waals surface area contributed by atoms with Gasteiger partial charge in [-0.3, -0.25) is 0 Å². The Kier molecular flexibility index (Phi) is 3.10. The number of hydrogen-bond donors (Lipinski definition) is 1. The SMILES string of the molecule is NC1(c2cc(F)cc(Br)c2OC2CC2)CCCC1. The number of nitrogens with two attached hydrogens (primary N) is 1. The molecule has 2 N–H and O–H groups in total. The molecule has 2 fully saturated rings. The minimum Gasteiger partial charge on any atom is -0.489 e. The second-order valence-electron chi connectivity index (χ2n) is 5.44. The first-order valence-corrected chi connectivity index (χ1v) is 7.33. The number of hydrogen-bond acceptors (Lipinski definition) is 2. The van der Waals surface area contributed by atoms with Crippen LogP contribution in [0.5, 0.6) is 5.75 Å². The van der Waals surface area contributed by atoms with E-state index in [0.717, 1.165) is 49.8 Å². The standard InChI is InChI=1S/C14H17BrFNO/c15-12-8-9(16)7-11(13(12)18-10-3-4-10)14(17)5-1-2-6-14/h7-8,10H,1-6,17H2. The minimum atomic E-state index is -0.422. The molecule has 3 rings (SSSR count). The van der Waals surface area contributed by atoms with Gasteiger partial charge in [-0.15, -0.1) is 0 Å². The van der Waals surface area contributed by atoms with Gasteiger partial charge in [0.2, 0.25) is 0 Å². The van der Waals surface area contributed by atoms with Gasteiger partial charge in [-0.2, -0.15) is 0 Å². The number of rotatable bonds is 3. The lowest BCUT2D eigenvalue weighted by Crippen LogP contribution is -2.34. The third-order valence-corrected chi connectivity index (χ3v) is 4.44. The van der Waals surface area contributed by atoms with E-state index in [1.807, 2.05) is 0 Å². The largest absolute Gasteiger partial charge is 0.489 e. The zero-order valence-electron chi connectivity index (χ0n) is 10.2. The number of benzene rings is 1. The Morgan fingerprint density at radius 2 is 1.94 bits per heavy atom. The predicted octanol–water partition coefficient (Wildman–Crippen LogP) is 3.86. The first-order valence-electron chi connectivity index (χ1n) is 6.53. The molecule has 0 radical (unpaired) electrons. The van der Waals surface area contributed by atoms with Crippen LogP contribution in [0.3, 0.4) is 0 Å². The van der Waals surface area contributed by atoms with Crippen LogP contribution in [0.1, 0.15) is 44.1 Å². The molecule has 2 aliphatic rings. The summed E-state index contributed by atoms with van der Waals surface area (Å²) in [5.41, 5.74) is 6.86. The number of halogens is 2. The maximum atomic E-state index is 13.6. The highest BCUT2D eigenvalue weighted by Crippen LogP contribution is 2.45. The Morgan fingerprint density at radius 1 is 1.28 bits per heavy atom. The molecule has 0 amide bonds. The second-order valence-corrected chi connectivity index (χ2v) is 6.30. The molecule has 2 saturated carbocycles. The van der Waals surface area contributed by atoms with E-state index in [2.05, 4.69) is 15.9 Å². The summed E-state index contributed by atoms with van der Waals surface area (Å²) >= 11 is 3.40. The minimum absolute atomic E-state index is 0.253. The van der Waals surface area contributed by atoms with Crippen molar-refractivity contribution in [2.45, 2.75) is 50.2 Å². The van der Waals surface area contributed by atoms with E-state index in [4.69, 9.17) is 10.5 Å². The van der Waals surface area contributed by atoms with E-state index in [-0.39, 0.29) is 11.9 Å². The van der Waals surface area contributed by atoms with Gasteiger partial charge in [0.25, 0.3) is 0 Å². The highest BCUT2D eigenvalue weighted by molar-refractivity contribution is 9.10. The van der Waals surface area contributed by atoms with Crippen molar-refractivity contribution in [2.24, 2.45) is 5.73 Å². The van der Waals surface area contributed by atoms with Crippen LogP contribution >= 0.6 is 15.9 Å². The summed E-state index contributed by atoms with van der Waals surface area (Å²) in [6.45, 7) is 0. The van der Waals surface area contributed by atoms with Gasteiger partial charge in [-0.25, -0.2) is 4.39 Å². The van der Waals surface area contributed by atoms with E-state index < -0.39 is 5.54 Å². The van der Waals surface area contributed by atoms with Gasteiger partial charge in [0.1, 0.15) is 11.6 Å². The van der Waals surface area contributed by atoms with Crippen LogP contribution in [-0.2, 0) is 5.54 Å². The van der Waals surface area contributed by atoms with Crippen LogP contribution in [0.2, 0.25) is 0 Å². The van der Waals surface area contributed by atoms with Crippen LogP contribution in [0.15, 0.2) is 16.6 Å². The highest BCUT2D eigenvalue weighted by Gasteiger charge is 2.36. The first kappa shape index (κ1) is 12.4. The lowest BCUT2D eigenvalue weighted by Gasteiger charge is -2.27.